The monoisotopic (exact) mass is 320 g/mol. The summed E-state index contributed by atoms with van der Waals surface area (Å²) in [4.78, 5) is 15.7. The van der Waals surface area contributed by atoms with Crippen LogP contribution in [0.4, 0.5) is 0 Å². The maximum Gasteiger partial charge on any atom is 0.349 e. The van der Waals surface area contributed by atoms with E-state index >= 15 is 0 Å². The first kappa shape index (κ1) is 11.9. The van der Waals surface area contributed by atoms with Gasteiger partial charge in [-0.15, -0.1) is 0 Å². The molecule has 6 nitrogen and oxygen atoms in total. The van der Waals surface area contributed by atoms with Crippen molar-refractivity contribution in [2.45, 2.75) is 6.92 Å². The number of nitrogens with zero attached hydrogens (tertiary/aromatic N) is 3. The second kappa shape index (κ2) is 4.51. The van der Waals surface area contributed by atoms with Gasteiger partial charge in [0.25, 0.3) is 0 Å². The van der Waals surface area contributed by atoms with Gasteiger partial charge in [-0.1, -0.05) is 12.1 Å². The Morgan fingerprint density at radius 2 is 2.16 bits per heavy atom. The zero-order valence-electron chi connectivity index (χ0n) is 9.92. The predicted octanol–water partition coefficient (Wildman–Crippen LogP) is 2.28. The third-order valence-corrected chi connectivity index (χ3v) is 3.25. The number of fused-ring (bicyclic) bond motifs is 1. The van der Waals surface area contributed by atoms with E-state index in [0.717, 1.165) is 4.47 Å². The molecule has 0 aliphatic heterocycles. The molecule has 0 saturated heterocycles. The van der Waals surface area contributed by atoms with Crippen LogP contribution in [0.3, 0.4) is 0 Å². The number of aryl methyl sites for hydroxylation is 1. The summed E-state index contributed by atoms with van der Waals surface area (Å²) < 4.78 is 7.89. The normalized spacial score (nSPS) is 10.8. The molecule has 1 N–H and O–H groups in total. The molecule has 96 valence electrons. The van der Waals surface area contributed by atoms with Crippen LogP contribution in [0, 0.1) is 6.92 Å². The van der Waals surface area contributed by atoms with Gasteiger partial charge in [-0.25, -0.2) is 14.3 Å². The molecule has 0 saturated carbocycles. The van der Waals surface area contributed by atoms with Crippen LogP contribution in [0.1, 0.15) is 5.82 Å². The minimum Gasteiger partial charge on any atom is -0.438 e. The lowest BCUT2D eigenvalue weighted by Gasteiger charge is -2.07. The maximum atomic E-state index is 11.5. The number of hydrogen-bond acceptors (Lipinski definition) is 4. The summed E-state index contributed by atoms with van der Waals surface area (Å²) in [5, 5.41) is 6.27. The average molecular weight is 321 g/mol. The number of rotatable bonds is 2. The van der Waals surface area contributed by atoms with Gasteiger partial charge in [-0.05, 0) is 35.0 Å². The van der Waals surface area contributed by atoms with E-state index in [-0.39, 0.29) is 5.69 Å². The summed E-state index contributed by atoms with van der Waals surface area (Å²) in [5.74, 6) is 1.55. The van der Waals surface area contributed by atoms with E-state index in [1.165, 1.54) is 4.40 Å². The molecular formula is C12H9BrN4O2. The molecule has 0 spiro atoms. The summed E-state index contributed by atoms with van der Waals surface area (Å²) in [6, 6.07) is 9.06. The van der Waals surface area contributed by atoms with Gasteiger partial charge in [-0.3, -0.25) is 0 Å². The van der Waals surface area contributed by atoms with Crippen molar-refractivity contribution in [1.82, 2.24) is 19.6 Å². The molecule has 0 fully saturated rings. The van der Waals surface area contributed by atoms with Crippen LogP contribution in [0.5, 0.6) is 11.6 Å². The van der Waals surface area contributed by atoms with Crippen LogP contribution >= 0.6 is 15.9 Å². The van der Waals surface area contributed by atoms with Gasteiger partial charge in [-0.2, -0.15) is 10.1 Å². The molecule has 2 aromatic heterocycles. The van der Waals surface area contributed by atoms with Gasteiger partial charge in [0, 0.05) is 6.07 Å². The minimum atomic E-state index is -0.313. The molecular weight excluding hydrogens is 312 g/mol. The van der Waals surface area contributed by atoms with Crippen molar-refractivity contribution in [2.24, 2.45) is 0 Å². The van der Waals surface area contributed by atoms with Crippen molar-refractivity contribution in [3.05, 3.63) is 51.1 Å². The highest BCUT2D eigenvalue weighted by Crippen LogP contribution is 2.28. The Kier molecular flexibility index (Phi) is 2.83. The highest BCUT2D eigenvalue weighted by molar-refractivity contribution is 9.10. The number of aromatic nitrogens is 4. The fraction of sp³-hybridized carbons (Fsp3) is 0.0833. The highest BCUT2D eigenvalue weighted by Gasteiger charge is 2.09. The molecule has 0 amide bonds. The van der Waals surface area contributed by atoms with Crippen molar-refractivity contribution in [2.75, 3.05) is 0 Å². The molecule has 2 heterocycles. The Morgan fingerprint density at radius 3 is 2.95 bits per heavy atom. The second-order valence-corrected chi connectivity index (χ2v) is 4.75. The van der Waals surface area contributed by atoms with Crippen molar-refractivity contribution >= 4 is 21.6 Å². The van der Waals surface area contributed by atoms with Crippen LogP contribution in [0.2, 0.25) is 0 Å². The first-order chi connectivity index (χ1) is 9.15. The van der Waals surface area contributed by atoms with Crippen molar-refractivity contribution in [1.29, 1.82) is 0 Å². The lowest BCUT2D eigenvalue weighted by molar-refractivity contribution is 0.457. The summed E-state index contributed by atoms with van der Waals surface area (Å²) in [6.45, 7) is 1.72. The van der Waals surface area contributed by atoms with E-state index in [4.69, 9.17) is 4.74 Å². The van der Waals surface area contributed by atoms with E-state index in [0.29, 0.717) is 23.1 Å². The molecule has 3 aromatic rings. The number of H-pyrrole nitrogens is 1. The Hall–Kier alpha value is -2.15. The lowest BCUT2D eigenvalue weighted by atomic mass is 10.3. The van der Waals surface area contributed by atoms with Crippen LogP contribution in [-0.4, -0.2) is 19.6 Å². The zero-order chi connectivity index (χ0) is 13.4. The lowest BCUT2D eigenvalue weighted by Crippen LogP contribution is -2.13. The Morgan fingerprint density at radius 1 is 1.37 bits per heavy atom. The van der Waals surface area contributed by atoms with E-state index in [1.807, 2.05) is 24.3 Å². The number of aromatic amines is 1. The van der Waals surface area contributed by atoms with E-state index in [2.05, 4.69) is 31.1 Å². The van der Waals surface area contributed by atoms with E-state index in [1.54, 1.807) is 13.0 Å². The van der Waals surface area contributed by atoms with Crippen LogP contribution in [-0.2, 0) is 0 Å². The van der Waals surface area contributed by atoms with Gasteiger partial charge in [0.05, 0.1) is 4.47 Å². The summed E-state index contributed by atoms with van der Waals surface area (Å²) in [7, 11) is 0. The van der Waals surface area contributed by atoms with Gasteiger partial charge >= 0.3 is 5.69 Å². The molecule has 0 bridgehead atoms. The first-order valence-corrected chi connectivity index (χ1v) is 6.31. The van der Waals surface area contributed by atoms with Crippen molar-refractivity contribution in [3.63, 3.8) is 0 Å². The maximum absolute atomic E-state index is 11.5. The molecule has 1 aromatic carbocycles. The number of ether oxygens (including phenoxy) is 1. The summed E-state index contributed by atoms with van der Waals surface area (Å²) in [5.41, 5.74) is 0.159. The van der Waals surface area contributed by atoms with Gasteiger partial charge in [0.15, 0.2) is 5.65 Å². The number of para-hydroxylation sites is 1. The molecule has 0 unspecified atom stereocenters. The van der Waals surface area contributed by atoms with E-state index in [9.17, 15) is 4.79 Å². The molecule has 0 aliphatic rings. The quantitative estimate of drug-likeness (QED) is 0.786. The largest absolute Gasteiger partial charge is 0.438 e. The molecule has 19 heavy (non-hydrogen) atoms. The van der Waals surface area contributed by atoms with Gasteiger partial charge in [0.2, 0.25) is 5.88 Å². The Bertz CT molecular complexity index is 809. The molecule has 7 heteroatoms. The Balaban J connectivity index is 2.07. The SMILES string of the molecule is Cc1nc(Oc2ccccc2Br)cc2n[nH]c(=O)n12. The predicted molar refractivity (Wildman–Crippen MR) is 72.6 cm³/mol. The summed E-state index contributed by atoms with van der Waals surface area (Å²) >= 11 is 3.40. The number of benzene rings is 1. The fourth-order valence-electron chi connectivity index (χ4n) is 1.76. The number of nitrogens with one attached hydrogen (secondary N) is 1. The standard InChI is InChI=1S/C12H9BrN4O2/c1-7-14-11(6-10-15-16-12(18)17(7)10)19-9-5-3-2-4-8(9)13/h2-6H,1H3,(H,16,18). The third-order valence-electron chi connectivity index (χ3n) is 2.60. The Labute approximate surface area is 116 Å². The van der Waals surface area contributed by atoms with Gasteiger partial charge in [0.1, 0.15) is 11.6 Å². The van der Waals surface area contributed by atoms with E-state index < -0.39 is 0 Å². The fourth-order valence-corrected chi connectivity index (χ4v) is 2.13. The van der Waals surface area contributed by atoms with Gasteiger partial charge < -0.3 is 4.74 Å². The number of halogens is 1. The smallest absolute Gasteiger partial charge is 0.349 e. The zero-order valence-corrected chi connectivity index (χ0v) is 11.5. The van der Waals surface area contributed by atoms with Crippen LogP contribution in [0.15, 0.2) is 39.6 Å². The average Bonchev–Trinajstić information content (AvgIpc) is 2.74. The van der Waals surface area contributed by atoms with Crippen molar-refractivity contribution in [3.8, 4) is 11.6 Å². The summed E-state index contributed by atoms with van der Waals surface area (Å²) in [6.07, 6.45) is 0. The molecule has 0 atom stereocenters. The minimum absolute atomic E-state index is 0.313. The third kappa shape index (κ3) is 2.12. The first-order valence-electron chi connectivity index (χ1n) is 5.52. The molecule has 0 aliphatic carbocycles. The van der Waals surface area contributed by atoms with Crippen LogP contribution in [0.25, 0.3) is 5.65 Å². The topological polar surface area (TPSA) is 72.3 Å². The molecule has 0 radical (unpaired) electrons. The van der Waals surface area contributed by atoms with Crippen LogP contribution < -0.4 is 10.4 Å². The molecule has 3 rings (SSSR count). The second-order valence-electron chi connectivity index (χ2n) is 3.90. The highest BCUT2D eigenvalue weighted by atomic mass is 79.9. The number of hydrogen-bond donors (Lipinski definition) is 1. The van der Waals surface area contributed by atoms with Crippen molar-refractivity contribution < 1.29 is 4.74 Å².